The minimum atomic E-state index is 0.0730. The molecule has 0 aromatic carbocycles. The van der Waals surface area contributed by atoms with Crippen LogP contribution in [0.2, 0.25) is 0 Å². The summed E-state index contributed by atoms with van der Waals surface area (Å²) in [4.78, 5) is 14.5. The molecule has 0 spiro atoms. The number of hydrogen-bond acceptors (Lipinski definition) is 2. The van der Waals surface area contributed by atoms with E-state index in [-0.39, 0.29) is 17.9 Å². The van der Waals surface area contributed by atoms with E-state index in [2.05, 4.69) is 6.92 Å². The first-order chi connectivity index (χ1) is 8.27. The van der Waals surface area contributed by atoms with E-state index in [4.69, 9.17) is 16.3 Å². The molecule has 0 N–H and O–H groups in total. The standard InChI is InChI=1S/C13H22ClNO2/c1-2-12-11(6-9-17-12)13(16)15(8-7-14)10-4-3-5-10/h10-12H,2-9H2,1H3. The Morgan fingerprint density at radius 3 is 2.71 bits per heavy atom. The fraction of sp³-hybridized carbons (Fsp3) is 0.923. The Morgan fingerprint density at radius 2 is 2.18 bits per heavy atom. The molecule has 0 bridgehead atoms. The van der Waals surface area contributed by atoms with Gasteiger partial charge >= 0.3 is 0 Å². The third-order valence-electron chi connectivity index (χ3n) is 4.05. The van der Waals surface area contributed by atoms with Gasteiger partial charge < -0.3 is 9.64 Å². The molecule has 1 aliphatic carbocycles. The highest BCUT2D eigenvalue weighted by Crippen LogP contribution is 2.30. The number of carbonyl (C=O) groups excluding carboxylic acids is 1. The van der Waals surface area contributed by atoms with Gasteiger partial charge in [-0.05, 0) is 32.1 Å². The molecule has 0 aromatic rings. The molecule has 1 aliphatic heterocycles. The van der Waals surface area contributed by atoms with Crippen LogP contribution in [0.5, 0.6) is 0 Å². The molecule has 1 amide bonds. The van der Waals surface area contributed by atoms with Gasteiger partial charge in [0.25, 0.3) is 0 Å². The molecule has 1 saturated carbocycles. The monoisotopic (exact) mass is 259 g/mol. The van der Waals surface area contributed by atoms with E-state index in [9.17, 15) is 4.79 Å². The molecule has 1 saturated heterocycles. The zero-order chi connectivity index (χ0) is 12.3. The van der Waals surface area contributed by atoms with E-state index >= 15 is 0 Å². The van der Waals surface area contributed by atoms with Crippen LogP contribution in [0.15, 0.2) is 0 Å². The summed E-state index contributed by atoms with van der Waals surface area (Å²) in [7, 11) is 0. The minimum Gasteiger partial charge on any atom is -0.377 e. The van der Waals surface area contributed by atoms with Crippen LogP contribution in [0.3, 0.4) is 0 Å². The molecule has 2 fully saturated rings. The van der Waals surface area contributed by atoms with Gasteiger partial charge in [-0.25, -0.2) is 0 Å². The van der Waals surface area contributed by atoms with Crippen molar-refractivity contribution in [3.8, 4) is 0 Å². The largest absolute Gasteiger partial charge is 0.377 e. The number of ether oxygens (including phenoxy) is 1. The Morgan fingerprint density at radius 1 is 1.41 bits per heavy atom. The lowest BCUT2D eigenvalue weighted by atomic mass is 9.89. The fourth-order valence-corrected chi connectivity index (χ4v) is 2.99. The highest BCUT2D eigenvalue weighted by Gasteiger charge is 2.38. The van der Waals surface area contributed by atoms with Gasteiger partial charge in [0.05, 0.1) is 12.0 Å². The molecule has 2 rings (SSSR count). The predicted octanol–water partition coefficient (Wildman–Crippen LogP) is 2.42. The molecule has 0 radical (unpaired) electrons. The number of halogens is 1. The molecule has 2 atom stereocenters. The average molecular weight is 260 g/mol. The summed E-state index contributed by atoms with van der Waals surface area (Å²) in [6, 6.07) is 0.444. The van der Waals surface area contributed by atoms with Crippen LogP contribution in [-0.4, -0.2) is 42.0 Å². The van der Waals surface area contributed by atoms with E-state index in [0.29, 0.717) is 18.5 Å². The quantitative estimate of drug-likeness (QED) is 0.710. The average Bonchev–Trinajstić information content (AvgIpc) is 2.73. The minimum absolute atomic E-state index is 0.0730. The SMILES string of the molecule is CCC1OCCC1C(=O)N(CCCl)C1CCC1. The lowest BCUT2D eigenvalue weighted by Crippen LogP contribution is -2.49. The van der Waals surface area contributed by atoms with Gasteiger partial charge in [0.1, 0.15) is 0 Å². The van der Waals surface area contributed by atoms with Crippen molar-refractivity contribution in [3.63, 3.8) is 0 Å². The zero-order valence-electron chi connectivity index (χ0n) is 10.5. The maximum atomic E-state index is 12.5. The summed E-state index contributed by atoms with van der Waals surface area (Å²) in [5.74, 6) is 0.885. The molecular formula is C13H22ClNO2. The van der Waals surface area contributed by atoms with E-state index in [1.165, 1.54) is 6.42 Å². The van der Waals surface area contributed by atoms with E-state index in [1.54, 1.807) is 0 Å². The van der Waals surface area contributed by atoms with Crippen molar-refractivity contribution in [2.75, 3.05) is 19.0 Å². The molecule has 4 heteroatoms. The molecular weight excluding hydrogens is 238 g/mol. The van der Waals surface area contributed by atoms with Gasteiger partial charge in [-0.3, -0.25) is 4.79 Å². The van der Waals surface area contributed by atoms with Crippen molar-refractivity contribution < 1.29 is 9.53 Å². The molecule has 2 unspecified atom stereocenters. The Bertz CT molecular complexity index is 268. The van der Waals surface area contributed by atoms with Crippen molar-refractivity contribution in [1.82, 2.24) is 4.90 Å². The number of carbonyl (C=O) groups is 1. The lowest BCUT2D eigenvalue weighted by molar-refractivity contribution is -0.141. The Balaban J connectivity index is 1.99. The van der Waals surface area contributed by atoms with Gasteiger partial charge in [0.15, 0.2) is 0 Å². The van der Waals surface area contributed by atoms with Gasteiger partial charge in [-0.1, -0.05) is 6.92 Å². The van der Waals surface area contributed by atoms with Crippen LogP contribution in [0, 0.1) is 5.92 Å². The first-order valence-corrected chi connectivity index (χ1v) is 7.29. The molecule has 0 aromatic heterocycles. The van der Waals surface area contributed by atoms with Crippen LogP contribution in [0.25, 0.3) is 0 Å². The number of hydrogen-bond donors (Lipinski definition) is 0. The highest BCUT2D eigenvalue weighted by molar-refractivity contribution is 6.18. The molecule has 17 heavy (non-hydrogen) atoms. The maximum absolute atomic E-state index is 12.5. The number of alkyl halides is 1. The number of amides is 1. The summed E-state index contributed by atoms with van der Waals surface area (Å²) in [6.45, 7) is 3.51. The summed E-state index contributed by atoms with van der Waals surface area (Å²) < 4.78 is 5.62. The summed E-state index contributed by atoms with van der Waals surface area (Å²) >= 11 is 5.82. The first-order valence-electron chi connectivity index (χ1n) is 6.76. The van der Waals surface area contributed by atoms with Crippen molar-refractivity contribution in [3.05, 3.63) is 0 Å². The fourth-order valence-electron chi connectivity index (χ4n) is 2.81. The van der Waals surface area contributed by atoms with Crippen molar-refractivity contribution in [2.45, 2.75) is 51.2 Å². The van der Waals surface area contributed by atoms with E-state index in [0.717, 1.165) is 32.3 Å². The van der Waals surface area contributed by atoms with Crippen LogP contribution in [0.1, 0.15) is 39.0 Å². The van der Waals surface area contributed by atoms with Crippen LogP contribution in [-0.2, 0) is 9.53 Å². The smallest absolute Gasteiger partial charge is 0.228 e. The van der Waals surface area contributed by atoms with Crippen molar-refractivity contribution >= 4 is 17.5 Å². The topological polar surface area (TPSA) is 29.5 Å². The highest BCUT2D eigenvalue weighted by atomic mass is 35.5. The summed E-state index contributed by atoms with van der Waals surface area (Å²) in [5, 5.41) is 0. The molecule has 2 aliphatic rings. The maximum Gasteiger partial charge on any atom is 0.228 e. The normalized spacial score (nSPS) is 29.1. The second-order valence-electron chi connectivity index (χ2n) is 5.02. The lowest BCUT2D eigenvalue weighted by Gasteiger charge is -2.39. The third-order valence-corrected chi connectivity index (χ3v) is 4.22. The molecule has 98 valence electrons. The Hall–Kier alpha value is -0.280. The van der Waals surface area contributed by atoms with Crippen molar-refractivity contribution in [1.29, 1.82) is 0 Å². The second-order valence-corrected chi connectivity index (χ2v) is 5.40. The summed E-state index contributed by atoms with van der Waals surface area (Å²) in [5.41, 5.74) is 0. The van der Waals surface area contributed by atoms with Gasteiger partial charge in [-0.15, -0.1) is 11.6 Å². The van der Waals surface area contributed by atoms with Crippen LogP contribution in [0.4, 0.5) is 0 Å². The summed E-state index contributed by atoms with van der Waals surface area (Å²) in [6.07, 6.45) is 5.47. The first kappa shape index (κ1) is 13.2. The zero-order valence-corrected chi connectivity index (χ0v) is 11.3. The number of nitrogens with zero attached hydrogens (tertiary/aromatic N) is 1. The van der Waals surface area contributed by atoms with Crippen molar-refractivity contribution in [2.24, 2.45) is 5.92 Å². The van der Waals surface area contributed by atoms with Gasteiger partial charge in [0.2, 0.25) is 5.91 Å². The van der Waals surface area contributed by atoms with Crippen LogP contribution < -0.4 is 0 Å². The van der Waals surface area contributed by atoms with Crippen LogP contribution >= 0.6 is 11.6 Å². The molecule has 3 nitrogen and oxygen atoms in total. The Kier molecular flexibility index (Phi) is 4.69. The van der Waals surface area contributed by atoms with Gasteiger partial charge in [0, 0.05) is 25.1 Å². The second kappa shape index (κ2) is 6.05. The number of rotatable bonds is 5. The predicted molar refractivity (Wildman–Crippen MR) is 68.2 cm³/mol. The van der Waals surface area contributed by atoms with E-state index in [1.807, 2.05) is 4.90 Å². The van der Waals surface area contributed by atoms with Gasteiger partial charge in [-0.2, -0.15) is 0 Å². The Labute approximate surface area is 108 Å². The molecule has 1 heterocycles. The van der Waals surface area contributed by atoms with E-state index < -0.39 is 0 Å². The third kappa shape index (κ3) is 2.76.